The van der Waals surface area contributed by atoms with E-state index in [2.05, 4.69) is 0 Å². The zero-order valence-corrected chi connectivity index (χ0v) is 6.74. The molecule has 0 aliphatic heterocycles. The molecule has 0 aromatic heterocycles. The van der Waals surface area contributed by atoms with Gasteiger partial charge < -0.3 is 5.11 Å². The lowest BCUT2D eigenvalue weighted by Crippen LogP contribution is -1.88. The second kappa shape index (κ2) is 5.47. The van der Waals surface area contributed by atoms with Crippen LogP contribution in [0.3, 0.4) is 0 Å². The van der Waals surface area contributed by atoms with E-state index in [9.17, 15) is 4.79 Å². The van der Waals surface area contributed by atoms with Crippen molar-refractivity contribution in [2.75, 3.05) is 0 Å². The minimum atomic E-state index is -0.920. The van der Waals surface area contributed by atoms with Crippen molar-refractivity contribution in [1.29, 1.82) is 0 Å². The van der Waals surface area contributed by atoms with E-state index in [4.69, 9.17) is 5.11 Å². The van der Waals surface area contributed by atoms with Gasteiger partial charge in [-0.25, -0.2) is 4.79 Å². The third-order valence-electron chi connectivity index (χ3n) is 1.01. The number of aliphatic carboxylic acids is 1. The topological polar surface area (TPSA) is 37.3 Å². The zero-order valence-electron chi connectivity index (χ0n) is 6.74. The molecule has 0 aromatic carbocycles. The minimum absolute atomic E-state index is 0.697. The van der Waals surface area contributed by atoms with Crippen molar-refractivity contribution in [3.63, 3.8) is 0 Å². The van der Waals surface area contributed by atoms with Gasteiger partial charge >= 0.3 is 5.97 Å². The van der Waals surface area contributed by atoms with Crippen molar-refractivity contribution in [2.45, 2.75) is 13.8 Å². The average molecular weight is 152 g/mol. The molecule has 2 nitrogen and oxygen atoms in total. The van der Waals surface area contributed by atoms with Gasteiger partial charge in [0.25, 0.3) is 0 Å². The predicted octanol–water partition coefficient (Wildman–Crippen LogP) is 2.15. The predicted molar refractivity (Wildman–Crippen MR) is 45.3 cm³/mol. The van der Waals surface area contributed by atoms with Gasteiger partial charge in [0.15, 0.2) is 0 Å². The number of hydrogen-bond acceptors (Lipinski definition) is 1. The molecule has 0 fully saturated rings. The van der Waals surface area contributed by atoms with E-state index in [1.54, 1.807) is 24.3 Å². The Hall–Kier alpha value is -1.31. The van der Waals surface area contributed by atoms with Crippen LogP contribution in [0.5, 0.6) is 0 Å². The van der Waals surface area contributed by atoms with E-state index in [0.29, 0.717) is 5.57 Å². The summed E-state index contributed by atoms with van der Waals surface area (Å²) >= 11 is 0. The van der Waals surface area contributed by atoms with Crippen molar-refractivity contribution < 1.29 is 9.90 Å². The first-order valence-corrected chi connectivity index (χ1v) is 3.40. The Labute approximate surface area is 66.5 Å². The Morgan fingerprint density at radius 2 is 1.64 bits per heavy atom. The van der Waals surface area contributed by atoms with Gasteiger partial charge in [-0.1, -0.05) is 24.3 Å². The highest BCUT2D eigenvalue weighted by molar-refractivity contribution is 5.82. The molecule has 0 rings (SSSR count). The SMILES string of the molecule is CC=CC(C=CC)=CC(=O)O. The first kappa shape index (κ1) is 9.69. The highest BCUT2D eigenvalue weighted by Gasteiger charge is 1.89. The van der Waals surface area contributed by atoms with Gasteiger partial charge in [-0.15, -0.1) is 0 Å². The van der Waals surface area contributed by atoms with Crippen LogP contribution in [0.4, 0.5) is 0 Å². The van der Waals surface area contributed by atoms with Crippen LogP contribution >= 0.6 is 0 Å². The van der Waals surface area contributed by atoms with Crippen molar-refractivity contribution in [3.8, 4) is 0 Å². The maximum absolute atomic E-state index is 10.2. The van der Waals surface area contributed by atoms with Gasteiger partial charge in [0.2, 0.25) is 0 Å². The first-order chi connectivity index (χ1) is 5.20. The molecule has 0 aliphatic carbocycles. The molecule has 11 heavy (non-hydrogen) atoms. The van der Waals surface area contributed by atoms with Crippen LogP contribution in [-0.4, -0.2) is 11.1 Å². The van der Waals surface area contributed by atoms with Crippen molar-refractivity contribution in [2.24, 2.45) is 0 Å². The summed E-state index contributed by atoms with van der Waals surface area (Å²) in [5, 5.41) is 8.39. The second-order valence-electron chi connectivity index (χ2n) is 1.98. The molecule has 0 saturated carbocycles. The van der Waals surface area contributed by atoms with Crippen molar-refractivity contribution in [1.82, 2.24) is 0 Å². The Kier molecular flexibility index (Phi) is 4.82. The molecule has 0 spiro atoms. The molecule has 0 aliphatic rings. The van der Waals surface area contributed by atoms with Crippen molar-refractivity contribution >= 4 is 5.97 Å². The summed E-state index contributed by atoms with van der Waals surface area (Å²) in [6.07, 6.45) is 8.26. The maximum atomic E-state index is 10.2. The van der Waals surface area contributed by atoms with E-state index in [1.165, 1.54) is 6.08 Å². The summed E-state index contributed by atoms with van der Waals surface area (Å²) in [6.45, 7) is 3.69. The number of carboxylic acid groups (broad SMARTS) is 1. The molecule has 1 N–H and O–H groups in total. The summed E-state index contributed by atoms with van der Waals surface area (Å²) in [7, 11) is 0. The zero-order chi connectivity index (χ0) is 8.69. The lowest BCUT2D eigenvalue weighted by Gasteiger charge is -1.88. The maximum Gasteiger partial charge on any atom is 0.328 e. The Bertz CT molecular complexity index is 196. The molecule has 60 valence electrons. The Balaban J connectivity index is 4.45. The lowest BCUT2D eigenvalue weighted by molar-refractivity contribution is -0.131. The molecule has 0 atom stereocenters. The minimum Gasteiger partial charge on any atom is -0.478 e. The number of hydrogen-bond donors (Lipinski definition) is 1. The standard InChI is InChI=1S/C9H12O2/c1-3-5-8(6-4-2)7-9(10)11/h3-7H,1-2H3,(H,10,11). The fourth-order valence-electron chi connectivity index (χ4n) is 0.679. The molecular weight excluding hydrogens is 140 g/mol. The van der Waals surface area contributed by atoms with Crippen LogP contribution in [0.1, 0.15) is 13.8 Å². The average Bonchev–Trinajstić information content (AvgIpc) is 1.87. The number of carboxylic acids is 1. The molecule has 0 heterocycles. The second-order valence-corrected chi connectivity index (χ2v) is 1.98. The lowest BCUT2D eigenvalue weighted by atomic mass is 10.2. The molecule has 0 radical (unpaired) electrons. The van der Waals surface area contributed by atoms with Crippen molar-refractivity contribution in [3.05, 3.63) is 36.0 Å². The fraction of sp³-hybridized carbons (Fsp3) is 0.222. The highest BCUT2D eigenvalue weighted by Crippen LogP contribution is 1.98. The largest absolute Gasteiger partial charge is 0.478 e. The van der Waals surface area contributed by atoms with Gasteiger partial charge in [0, 0.05) is 6.08 Å². The smallest absolute Gasteiger partial charge is 0.328 e. The Morgan fingerprint density at radius 3 is 1.91 bits per heavy atom. The summed E-state index contributed by atoms with van der Waals surface area (Å²) in [6, 6.07) is 0. The molecule has 0 unspecified atom stereocenters. The Morgan fingerprint density at radius 1 is 1.18 bits per heavy atom. The van der Waals surface area contributed by atoms with Gasteiger partial charge in [0.1, 0.15) is 0 Å². The quantitative estimate of drug-likeness (QED) is 0.497. The van der Waals surface area contributed by atoms with Crippen LogP contribution in [-0.2, 0) is 4.79 Å². The molecule has 0 saturated heterocycles. The molecule has 2 heteroatoms. The molecule has 0 amide bonds. The highest BCUT2D eigenvalue weighted by atomic mass is 16.4. The van der Waals surface area contributed by atoms with Gasteiger partial charge in [0.05, 0.1) is 0 Å². The van der Waals surface area contributed by atoms with Crippen LogP contribution in [0.25, 0.3) is 0 Å². The van der Waals surface area contributed by atoms with Gasteiger partial charge in [-0.3, -0.25) is 0 Å². The van der Waals surface area contributed by atoms with Crippen LogP contribution in [0.15, 0.2) is 36.0 Å². The van der Waals surface area contributed by atoms with Crippen LogP contribution in [0, 0.1) is 0 Å². The van der Waals surface area contributed by atoms with Crippen LogP contribution < -0.4 is 0 Å². The number of rotatable bonds is 3. The first-order valence-electron chi connectivity index (χ1n) is 3.40. The summed E-state index contributed by atoms with van der Waals surface area (Å²) < 4.78 is 0. The summed E-state index contributed by atoms with van der Waals surface area (Å²) in [5.74, 6) is -0.920. The third kappa shape index (κ3) is 5.15. The number of allylic oxidation sites excluding steroid dienone is 5. The van der Waals surface area contributed by atoms with E-state index in [1.807, 2.05) is 13.8 Å². The fourth-order valence-corrected chi connectivity index (χ4v) is 0.679. The summed E-state index contributed by atoms with van der Waals surface area (Å²) in [5.41, 5.74) is 0.697. The molecule has 0 aromatic rings. The number of carbonyl (C=O) groups is 1. The summed E-state index contributed by atoms with van der Waals surface area (Å²) in [4.78, 5) is 10.2. The normalized spacial score (nSPS) is 10.7. The molecular formula is C9H12O2. The van der Waals surface area contributed by atoms with Gasteiger partial charge in [-0.05, 0) is 19.4 Å². The third-order valence-corrected chi connectivity index (χ3v) is 1.01. The van der Waals surface area contributed by atoms with E-state index in [0.717, 1.165) is 0 Å². The van der Waals surface area contributed by atoms with E-state index in [-0.39, 0.29) is 0 Å². The monoisotopic (exact) mass is 152 g/mol. The van der Waals surface area contributed by atoms with Crippen LogP contribution in [0.2, 0.25) is 0 Å². The molecule has 0 bridgehead atoms. The van der Waals surface area contributed by atoms with E-state index >= 15 is 0 Å². The van der Waals surface area contributed by atoms with E-state index < -0.39 is 5.97 Å². The van der Waals surface area contributed by atoms with Gasteiger partial charge in [-0.2, -0.15) is 0 Å².